The van der Waals surface area contributed by atoms with Gasteiger partial charge in [-0.1, -0.05) is 51.6 Å². The van der Waals surface area contributed by atoms with Crippen molar-refractivity contribution in [3.63, 3.8) is 0 Å². The third kappa shape index (κ3) is 4.69. The fourth-order valence-electron chi connectivity index (χ4n) is 1.78. The molecule has 0 bridgehead atoms. The van der Waals surface area contributed by atoms with E-state index in [0.29, 0.717) is 5.69 Å². The highest BCUT2D eigenvalue weighted by Gasteiger charge is 2.17. The van der Waals surface area contributed by atoms with Crippen LogP contribution < -0.4 is 10.9 Å². The molecule has 1 aromatic heterocycles. The number of aromatic amines is 1. The molecule has 5 heteroatoms. The van der Waals surface area contributed by atoms with Crippen molar-refractivity contribution in [1.82, 2.24) is 10.2 Å². The molecule has 0 unspecified atom stereocenters. The Morgan fingerprint density at radius 1 is 1.44 bits per heavy atom. The predicted molar refractivity (Wildman–Crippen MR) is 76.3 cm³/mol. The highest BCUT2D eigenvalue weighted by molar-refractivity contribution is 6.32. The summed E-state index contributed by atoms with van der Waals surface area (Å²) in [7, 11) is 0. The number of hydrogen-bond acceptors (Lipinski definition) is 3. The minimum atomic E-state index is -0.356. The van der Waals surface area contributed by atoms with Crippen LogP contribution in [0, 0.1) is 5.41 Å². The molecule has 0 radical (unpaired) electrons. The van der Waals surface area contributed by atoms with Crippen molar-refractivity contribution >= 4 is 17.3 Å². The smallest absolute Gasteiger partial charge is 0.285 e. The molecule has 0 aliphatic heterocycles. The Balaban J connectivity index is 2.53. The van der Waals surface area contributed by atoms with Crippen LogP contribution in [0.1, 0.15) is 46.5 Å². The van der Waals surface area contributed by atoms with E-state index in [9.17, 15) is 4.79 Å². The van der Waals surface area contributed by atoms with Gasteiger partial charge in [0.15, 0.2) is 0 Å². The number of H-pyrrole nitrogens is 1. The highest BCUT2D eigenvalue weighted by Crippen LogP contribution is 2.25. The largest absolute Gasteiger partial charge is 0.382 e. The summed E-state index contributed by atoms with van der Waals surface area (Å²) in [6.07, 6.45) is 6.42. The molecule has 0 saturated carbocycles. The maximum Gasteiger partial charge on any atom is 0.285 e. The number of anilines is 1. The molecule has 0 aliphatic carbocycles. The van der Waals surface area contributed by atoms with Crippen LogP contribution in [0.15, 0.2) is 11.0 Å². The first-order chi connectivity index (χ1) is 8.46. The van der Waals surface area contributed by atoms with Crippen LogP contribution in [-0.4, -0.2) is 16.7 Å². The summed E-state index contributed by atoms with van der Waals surface area (Å²) >= 11 is 5.90. The number of aromatic nitrogens is 2. The number of halogens is 1. The SMILES string of the molecule is CCCCCC(C)(C)CNc1cn[nH]c(=O)c1Cl. The Kier molecular flexibility index (Phi) is 5.66. The second kappa shape index (κ2) is 6.78. The average Bonchev–Trinajstić information content (AvgIpc) is 2.31. The summed E-state index contributed by atoms with van der Waals surface area (Å²) in [5, 5.41) is 9.42. The quantitative estimate of drug-likeness (QED) is 0.747. The van der Waals surface area contributed by atoms with E-state index in [-0.39, 0.29) is 16.0 Å². The fourth-order valence-corrected chi connectivity index (χ4v) is 1.94. The Labute approximate surface area is 113 Å². The lowest BCUT2D eigenvalue weighted by atomic mass is 9.87. The van der Waals surface area contributed by atoms with Gasteiger partial charge in [0, 0.05) is 6.54 Å². The fraction of sp³-hybridized carbons (Fsp3) is 0.692. The summed E-state index contributed by atoms with van der Waals surface area (Å²) in [5.41, 5.74) is 0.426. The average molecular weight is 272 g/mol. The summed E-state index contributed by atoms with van der Waals surface area (Å²) in [6, 6.07) is 0. The number of unbranched alkanes of at least 4 members (excludes halogenated alkanes) is 2. The van der Waals surface area contributed by atoms with Gasteiger partial charge in [-0.2, -0.15) is 5.10 Å². The van der Waals surface area contributed by atoms with E-state index in [1.165, 1.54) is 19.3 Å². The van der Waals surface area contributed by atoms with Crippen molar-refractivity contribution in [2.45, 2.75) is 46.5 Å². The van der Waals surface area contributed by atoms with E-state index in [0.717, 1.165) is 13.0 Å². The lowest BCUT2D eigenvalue weighted by Gasteiger charge is -2.25. The van der Waals surface area contributed by atoms with Crippen LogP contribution >= 0.6 is 11.6 Å². The Morgan fingerprint density at radius 2 is 2.17 bits per heavy atom. The molecule has 0 aliphatic rings. The molecule has 1 heterocycles. The summed E-state index contributed by atoms with van der Waals surface area (Å²) in [5.74, 6) is 0. The molecular weight excluding hydrogens is 250 g/mol. The normalized spacial score (nSPS) is 11.6. The van der Waals surface area contributed by atoms with Gasteiger partial charge in [-0.3, -0.25) is 4.79 Å². The van der Waals surface area contributed by atoms with Crippen molar-refractivity contribution in [3.8, 4) is 0 Å². The van der Waals surface area contributed by atoms with Gasteiger partial charge < -0.3 is 5.32 Å². The van der Waals surface area contributed by atoms with Gasteiger partial charge in [0.25, 0.3) is 5.56 Å². The molecule has 0 spiro atoms. The first-order valence-electron chi connectivity index (χ1n) is 6.43. The van der Waals surface area contributed by atoms with Crippen molar-refractivity contribution in [2.75, 3.05) is 11.9 Å². The van der Waals surface area contributed by atoms with E-state index in [1.54, 1.807) is 6.20 Å². The van der Waals surface area contributed by atoms with Crippen molar-refractivity contribution in [3.05, 3.63) is 21.6 Å². The van der Waals surface area contributed by atoms with Gasteiger partial charge >= 0.3 is 0 Å². The topological polar surface area (TPSA) is 57.8 Å². The Bertz CT molecular complexity index is 428. The van der Waals surface area contributed by atoms with Crippen LogP contribution in [0.5, 0.6) is 0 Å². The summed E-state index contributed by atoms with van der Waals surface area (Å²) in [6.45, 7) is 7.41. The minimum absolute atomic E-state index is 0.175. The number of hydrogen-bond donors (Lipinski definition) is 2. The predicted octanol–water partition coefficient (Wildman–Crippen LogP) is 3.44. The van der Waals surface area contributed by atoms with E-state index in [2.05, 4.69) is 36.3 Å². The highest BCUT2D eigenvalue weighted by atomic mass is 35.5. The summed E-state index contributed by atoms with van der Waals surface area (Å²) in [4.78, 5) is 11.3. The molecule has 2 N–H and O–H groups in total. The van der Waals surface area contributed by atoms with Crippen LogP contribution in [-0.2, 0) is 0 Å². The lowest BCUT2D eigenvalue weighted by Crippen LogP contribution is -2.24. The van der Waals surface area contributed by atoms with Gasteiger partial charge in [-0.15, -0.1) is 0 Å². The van der Waals surface area contributed by atoms with Gasteiger partial charge in [0.05, 0.1) is 11.9 Å². The molecule has 0 amide bonds. The third-order valence-electron chi connectivity index (χ3n) is 3.01. The zero-order valence-corrected chi connectivity index (χ0v) is 12.1. The van der Waals surface area contributed by atoms with E-state index in [1.807, 2.05) is 0 Å². The standard InChI is InChI=1S/C13H22ClN3O/c1-4-5-6-7-13(2,3)9-15-10-8-16-17-12(18)11(10)14/h8H,4-7,9H2,1-3H3,(H2,15,17,18). The monoisotopic (exact) mass is 271 g/mol. The van der Waals surface area contributed by atoms with Gasteiger partial charge in [-0.25, -0.2) is 5.10 Å². The maximum atomic E-state index is 11.3. The van der Waals surface area contributed by atoms with Crippen molar-refractivity contribution < 1.29 is 0 Å². The molecule has 0 fully saturated rings. The lowest BCUT2D eigenvalue weighted by molar-refractivity contribution is 0.342. The zero-order valence-electron chi connectivity index (χ0n) is 11.3. The first-order valence-corrected chi connectivity index (χ1v) is 6.81. The van der Waals surface area contributed by atoms with E-state index in [4.69, 9.17) is 11.6 Å². The molecule has 18 heavy (non-hydrogen) atoms. The maximum absolute atomic E-state index is 11.3. The van der Waals surface area contributed by atoms with Crippen LogP contribution in [0.4, 0.5) is 5.69 Å². The molecular formula is C13H22ClN3O. The van der Waals surface area contributed by atoms with E-state index >= 15 is 0 Å². The van der Waals surface area contributed by atoms with E-state index < -0.39 is 0 Å². The number of rotatable bonds is 7. The van der Waals surface area contributed by atoms with Crippen molar-refractivity contribution in [2.24, 2.45) is 5.41 Å². The molecule has 1 rings (SSSR count). The van der Waals surface area contributed by atoms with Crippen LogP contribution in [0.2, 0.25) is 5.02 Å². The van der Waals surface area contributed by atoms with Crippen LogP contribution in [0.25, 0.3) is 0 Å². The molecule has 0 atom stereocenters. The Morgan fingerprint density at radius 3 is 2.83 bits per heavy atom. The molecule has 1 aromatic rings. The summed E-state index contributed by atoms with van der Waals surface area (Å²) < 4.78 is 0. The molecule has 4 nitrogen and oxygen atoms in total. The number of nitrogens with zero attached hydrogens (tertiary/aromatic N) is 1. The first kappa shape index (κ1) is 15.0. The third-order valence-corrected chi connectivity index (χ3v) is 3.39. The number of nitrogens with one attached hydrogen (secondary N) is 2. The molecule has 0 aromatic carbocycles. The van der Waals surface area contributed by atoms with Crippen LogP contribution in [0.3, 0.4) is 0 Å². The van der Waals surface area contributed by atoms with Gasteiger partial charge in [0.1, 0.15) is 5.02 Å². The van der Waals surface area contributed by atoms with Crippen molar-refractivity contribution in [1.29, 1.82) is 0 Å². The molecule has 102 valence electrons. The second-order valence-corrected chi connectivity index (χ2v) is 5.78. The minimum Gasteiger partial charge on any atom is -0.382 e. The van der Waals surface area contributed by atoms with Gasteiger partial charge in [-0.05, 0) is 11.8 Å². The Hall–Kier alpha value is -1.03. The molecule has 0 saturated heterocycles. The zero-order chi connectivity index (χ0) is 13.6. The second-order valence-electron chi connectivity index (χ2n) is 5.40. The van der Waals surface area contributed by atoms with Gasteiger partial charge in [0.2, 0.25) is 0 Å².